The van der Waals surface area contributed by atoms with Gasteiger partial charge in [0.15, 0.2) is 11.5 Å². The first-order valence-corrected chi connectivity index (χ1v) is 6.15. The fourth-order valence-corrected chi connectivity index (χ4v) is 1.72. The zero-order chi connectivity index (χ0) is 12.1. The fourth-order valence-electron chi connectivity index (χ4n) is 1.72. The van der Waals surface area contributed by atoms with Gasteiger partial charge in [0.2, 0.25) is 0 Å². The van der Waals surface area contributed by atoms with E-state index in [0.29, 0.717) is 0 Å². The second-order valence-electron chi connectivity index (χ2n) is 4.40. The summed E-state index contributed by atoms with van der Waals surface area (Å²) in [6.45, 7) is 4.33. The number of ether oxygens (including phenoxy) is 2. The molecule has 1 aromatic carbocycles. The molecular weight excluding hydrogens is 216 g/mol. The Morgan fingerprint density at radius 1 is 1.29 bits per heavy atom. The normalized spacial score (nSPS) is 16.1. The van der Waals surface area contributed by atoms with Crippen molar-refractivity contribution in [2.24, 2.45) is 5.73 Å². The van der Waals surface area contributed by atoms with Gasteiger partial charge in [-0.3, -0.25) is 0 Å². The maximum absolute atomic E-state index is 5.70. The molecular formula is C13H20N2O2. The second kappa shape index (κ2) is 5.77. The highest BCUT2D eigenvalue weighted by Crippen LogP contribution is 2.32. The highest BCUT2D eigenvalue weighted by molar-refractivity contribution is 5.54. The van der Waals surface area contributed by atoms with Crippen LogP contribution in [0.3, 0.4) is 0 Å². The molecule has 4 nitrogen and oxygen atoms in total. The number of benzene rings is 1. The molecule has 1 aromatic rings. The predicted molar refractivity (Wildman–Crippen MR) is 68.8 cm³/mol. The molecule has 0 amide bonds. The SMILES string of the molecule is CC(N)CCNc1ccc2c(c1)OCCCO2. The van der Waals surface area contributed by atoms with Crippen LogP contribution >= 0.6 is 0 Å². The molecule has 0 radical (unpaired) electrons. The lowest BCUT2D eigenvalue weighted by atomic mass is 10.2. The van der Waals surface area contributed by atoms with Crippen molar-refractivity contribution in [1.82, 2.24) is 0 Å². The van der Waals surface area contributed by atoms with E-state index < -0.39 is 0 Å². The lowest BCUT2D eigenvalue weighted by molar-refractivity contribution is 0.297. The van der Waals surface area contributed by atoms with Crippen LogP contribution in [0.5, 0.6) is 11.5 Å². The van der Waals surface area contributed by atoms with Gasteiger partial charge in [-0.25, -0.2) is 0 Å². The molecule has 0 spiro atoms. The summed E-state index contributed by atoms with van der Waals surface area (Å²) in [6.07, 6.45) is 1.89. The first kappa shape index (κ1) is 12.0. The van der Waals surface area contributed by atoms with E-state index in [9.17, 15) is 0 Å². The van der Waals surface area contributed by atoms with E-state index in [-0.39, 0.29) is 6.04 Å². The van der Waals surface area contributed by atoms with Crippen molar-refractivity contribution in [2.45, 2.75) is 25.8 Å². The van der Waals surface area contributed by atoms with Gasteiger partial charge in [-0.2, -0.15) is 0 Å². The van der Waals surface area contributed by atoms with Gasteiger partial charge in [0, 0.05) is 30.8 Å². The Morgan fingerprint density at radius 3 is 2.82 bits per heavy atom. The second-order valence-corrected chi connectivity index (χ2v) is 4.40. The van der Waals surface area contributed by atoms with E-state index in [2.05, 4.69) is 5.32 Å². The summed E-state index contributed by atoms with van der Waals surface area (Å²) in [7, 11) is 0. The van der Waals surface area contributed by atoms with Gasteiger partial charge in [-0.15, -0.1) is 0 Å². The highest BCUT2D eigenvalue weighted by Gasteiger charge is 2.10. The maximum atomic E-state index is 5.70. The molecule has 4 heteroatoms. The summed E-state index contributed by atoms with van der Waals surface area (Å²) in [5.41, 5.74) is 6.75. The van der Waals surface area contributed by atoms with Crippen LogP contribution < -0.4 is 20.5 Å². The number of fused-ring (bicyclic) bond motifs is 1. The topological polar surface area (TPSA) is 56.5 Å². The van der Waals surface area contributed by atoms with Crippen LogP contribution in [0.4, 0.5) is 5.69 Å². The van der Waals surface area contributed by atoms with Crippen LogP contribution in [-0.4, -0.2) is 25.8 Å². The van der Waals surface area contributed by atoms with Gasteiger partial charge < -0.3 is 20.5 Å². The number of hydrogen-bond donors (Lipinski definition) is 2. The number of nitrogens with one attached hydrogen (secondary N) is 1. The Morgan fingerprint density at radius 2 is 2.06 bits per heavy atom. The van der Waals surface area contributed by atoms with Crippen molar-refractivity contribution in [3.8, 4) is 11.5 Å². The maximum Gasteiger partial charge on any atom is 0.163 e. The summed E-state index contributed by atoms with van der Waals surface area (Å²) in [6, 6.07) is 6.17. The van der Waals surface area contributed by atoms with Crippen LogP contribution in [0, 0.1) is 0 Å². The first-order chi connectivity index (χ1) is 8.25. The Kier molecular flexibility index (Phi) is 4.09. The molecule has 2 rings (SSSR count). The van der Waals surface area contributed by atoms with Crippen molar-refractivity contribution >= 4 is 5.69 Å². The quantitative estimate of drug-likeness (QED) is 0.839. The van der Waals surface area contributed by atoms with Gasteiger partial charge in [0.25, 0.3) is 0 Å². The lowest BCUT2D eigenvalue weighted by Crippen LogP contribution is -2.19. The molecule has 94 valence electrons. The van der Waals surface area contributed by atoms with Crippen molar-refractivity contribution in [2.75, 3.05) is 25.1 Å². The molecule has 0 aromatic heterocycles. The zero-order valence-corrected chi connectivity index (χ0v) is 10.2. The average Bonchev–Trinajstić information content (AvgIpc) is 2.53. The minimum atomic E-state index is 0.225. The summed E-state index contributed by atoms with van der Waals surface area (Å²) in [5, 5.41) is 3.33. The Labute approximate surface area is 102 Å². The molecule has 1 aliphatic heterocycles. The zero-order valence-electron chi connectivity index (χ0n) is 10.2. The van der Waals surface area contributed by atoms with Crippen LogP contribution in [0.15, 0.2) is 18.2 Å². The molecule has 0 aliphatic carbocycles. The highest BCUT2D eigenvalue weighted by atomic mass is 16.5. The number of hydrogen-bond acceptors (Lipinski definition) is 4. The van der Waals surface area contributed by atoms with E-state index in [0.717, 1.165) is 49.8 Å². The number of anilines is 1. The van der Waals surface area contributed by atoms with E-state index in [1.165, 1.54) is 0 Å². The lowest BCUT2D eigenvalue weighted by Gasteiger charge is -2.11. The van der Waals surface area contributed by atoms with Gasteiger partial charge in [-0.05, 0) is 25.5 Å². The molecule has 1 unspecified atom stereocenters. The molecule has 3 N–H and O–H groups in total. The van der Waals surface area contributed by atoms with Crippen LogP contribution in [0.1, 0.15) is 19.8 Å². The monoisotopic (exact) mass is 236 g/mol. The Bertz CT molecular complexity index is 366. The fraction of sp³-hybridized carbons (Fsp3) is 0.538. The van der Waals surface area contributed by atoms with Gasteiger partial charge >= 0.3 is 0 Å². The van der Waals surface area contributed by atoms with E-state index in [1.807, 2.05) is 25.1 Å². The smallest absolute Gasteiger partial charge is 0.163 e. The van der Waals surface area contributed by atoms with E-state index in [4.69, 9.17) is 15.2 Å². The molecule has 1 aliphatic rings. The summed E-state index contributed by atoms with van der Waals surface area (Å²) < 4.78 is 11.2. The minimum absolute atomic E-state index is 0.225. The van der Waals surface area contributed by atoms with Crippen molar-refractivity contribution < 1.29 is 9.47 Å². The standard InChI is InChI=1S/C13H20N2O2/c1-10(14)5-6-15-11-3-4-12-13(9-11)17-8-2-7-16-12/h3-4,9-10,15H,2,5-8,14H2,1H3. The number of rotatable bonds is 4. The molecule has 1 heterocycles. The van der Waals surface area contributed by atoms with Crippen molar-refractivity contribution in [3.63, 3.8) is 0 Å². The average molecular weight is 236 g/mol. The third-order valence-electron chi connectivity index (χ3n) is 2.68. The van der Waals surface area contributed by atoms with Crippen LogP contribution in [0.2, 0.25) is 0 Å². The van der Waals surface area contributed by atoms with Crippen LogP contribution in [-0.2, 0) is 0 Å². The molecule has 17 heavy (non-hydrogen) atoms. The Hall–Kier alpha value is -1.42. The van der Waals surface area contributed by atoms with Crippen molar-refractivity contribution in [1.29, 1.82) is 0 Å². The number of nitrogens with two attached hydrogens (primary N) is 1. The van der Waals surface area contributed by atoms with E-state index in [1.54, 1.807) is 0 Å². The summed E-state index contributed by atoms with van der Waals surface area (Å²) in [5.74, 6) is 1.66. The summed E-state index contributed by atoms with van der Waals surface area (Å²) in [4.78, 5) is 0. The van der Waals surface area contributed by atoms with Gasteiger partial charge in [0.05, 0.1) is 13.2 Å². The summed E-state index contributed by atoms with van der Waals surface area (Å²) >= 11 is 0. The third kappa shape index (κ3) is 3.53. The molecule has 0 saturated heterocycles. The van der Waals surface area contributed by atoms with E-state index >= 15 is 0 Å². The predicted octanol–water partition coefficient (Wildman–Crippen LogP) is 2.00. The van der Waals surface area contributed by atoms with Gasteiger partial charge in [-0.1, -0.05) is 0 Å². The van der Waals surface area contributed by atoms with Crippen molar-refractivity contribution in [3.05, 3.63) is 18.2 Å². The molecule has 1 atom stereocenters. The first-order valence-electron chi connectivity index (χ1n) is 6.15. The van der Waals surface area contributed by atoms with Crippen LogP contribution in [0.25, 0.3) is 0 Å². The Balaban J connectivity index is 1.97. The molecule has 0 fully saturated rings. The minimum Gasteiger partial charge on any atom is -0.490 e. The third-order valence-corrected chi connectivity index (χ3v) is 2.68. The molecule has 0 saturated carbocycles. The molecule has 0 bridgehead atoms. The van der Waals surface area contributed by atoms with Gasteiger partial charge in [0.1, 0.15) is 0 Å². The largest absolute Gasteiger partial charge is 0.490 e.